The minimum Gasteiger partial charge on any atom is -0.309 e. The summed E-state index contributed by atoms with van der Waals surface area (Å²) in [7, 11) is 4.11. The van der Waals surface area contributed by atoms with Gasteiger partial charge in [0.05, 0.1) is 6.20 Å². The van der Waals surface area contributed by atoms with E-state index >= 15 is 0 Å². The summed E-state index contributed by atoms with van der Waals surface area (Å²) < 4.78 is 1.85. The number of nitrogens with one attached hydrogen (secondary N) is 1. The Morgan fingerprint density at radius 2 is 2.05 bits per heavy atom. The summed E-state index contributed by atoms with van der Waals surface area (Å²) in [4.78, 5) is 2.33. The lowest BCUT2D eigenvalue weighted by atomic mass is 10.1. The van der Waals surface area contributed by atoms with Crippen LogP contribution < -0.4 is 5.32 Å². The quantitative estimate of drug-likeness (QED) is 0.839. The summed E-state index contributed by atoms with van der Waals surface area (Å²) in [6.45, 7) is 5.02. The van der Waals surface area contributed by atoms with Gasteiger partial charge in [0.2, 0.25) is 0 Å². The fourth-order valence-electron chi connectivity index (χ4n) is 2.46. The molecule has 1 N–H and O–H groups in total. The van der Waals surface area contributed by atoms with Crippen LogP contribution in [0.3, 0.4) is 0 Å². The monoisotopic (exact) mass is 272 g/mol. The lowest BCUT2D eigenvalue weighted by Crippen LogP contribution is -2.32. The summed E-state index contributed by atoms with van der Waals surface area (Å²) in [5.41, 5.74) is 2.59. The van der Waals surface area contributed by atoms with Crippen LogP contribution in [0.5, 0.6) is 0 Å². The summed E-state index contributed by atoms with van der Waals surface area (Å²) in [5.74, 6) is 0. The molecule has 0 radical (unpaired) electrons. The Hall–Kier alpha value is -1.65. The molecule has 0 aliphatic carbocycles. The van der Waals surface area contributed by atoms with E-state index in [0.717, 1.165) is 19.6 Å². The van der Waals surface area contributed by atoms with E-state index in [1.807, 2.05) is 17.9 Å². The molecule has 4 nitrogen and oxygen atoms in total. The first kappa shape index (κ1) is 14.8. The molecule has 108 valence electrons. The van der Waals surface area contributed by atoms with E-state index < -0.39 is 0 Å². The minimum absolute atomic E-state index is 0.364. The molecule has 0 saturated carbocycles. The van der Waals surface area contributed by atoms with E-state index in [-0.39, 0.29) is 0 Å². The van der Waals surface area contributed by atoms with Gasteiger partial charge >= 0.3 is 0 Å². The normalized spacial score (nSPS) is 12.8. The molecule has 0 fully saturated rings. The Bertz CT molecular complexity index is 506. The highest BCUT2D eigenvalue weighted by atomic mass is 15.2. The first-order valence-corrected chi connectivity index (χ1v) is 7.13. The van der Waals surface area contributed by atoms with Gasteiger partial charge in [-0.2, -0.15) is 5.10 Å². The fraction of sp³-hybridized carbons (Fsp3) is 0.438. The molecule has 1 aromatic carbocycles. The second-order valence-corrected chi connectivity index (χ2v) is 5.24. The molecule has 4 heteroatoms. The van der Waals surface area contributed by atoms with Crippen LogP contribution in [0.15, 0.2) is 42.7 Å². The lowest BCUT2D eigenvalue weighted by Gasteiger charge is -2.24. The van der Waals surface area contributed by atoms with Crippen molar-refractivity contribution < 1.29 is 0 Å². The van der Waals surface area contributed by atoms with E-state index in [9.17, 15) is 0 Å². The standard InChI is InChI=1S/C16H24N4/c1-4-17-16(15-8-6-5-7-9-15)13-19(2)11-14-10-18-20(3)12-14/h5-10,12,16-17H,4,11,13H2,1-3H3. The third-order valence-electron chi connectivity index (χ3n) is 3.36. The highest BCUT2D eigenvalue weighted by Crippen LogP contribution is 2.14. The highest BCUT2D eigenvalue weighted by Gasteiger charge is 2.13. The van der Waals surface area contributed by atoms with Crippen molar-refractivity contribution in [2.75, 3.05) is 20.1 Å². The predicted molar refractivity (Wildman–Crippen MR) is 82.4 cm³/mol. The van der Waals surface area contributed by atoms with Gasteiger partial charge in [-0.3, -0.25) is 4.68 Å². The van der Waals surface area contributed by atoms with Gasteiger partial charge in [0.25, 0.3) is 0 Å². The maximum absolute atomic E-state index is 4.22. The molecule has 0 bridgehead atoms. The Labute approximate surface area is 121 Å². The van der Waals surface area contributed by atoms with Gasteiger partial charge in [-0.25, -0.2) is 0 Å². The topological polar surface area (TPSA) is 33.1 Å². The van der Waals surface area contributed by atoms with Crippen molar-refractivity contribution in [2.45, 2.75) is 19.5 Å². The summed E-state index contributed by atoms with van der Waals surface area (Å²) in [6, 6.07) is 11.0. The van der Waals surface area contributed by atoms with E-state index in [1.165, 1.54) is 11.1 Å². The Morgan fingerprint density at radius 3 is 2.65 bits per heavy atom. The van der Waals surface area contributed by atoms with Crippen molar-refractivity contribution in [1.82, 2.24) is 20.0 Å². The van der Waals surface area contributed by atoms with Crippen molar-refractivity contribution in [3.63, 3.8) is 0 Å². The molecule has 1 heterocycles. The third-order valence-corrected chi connectivity index (χ3v) is 3.36. The van der Waals surface area contributed by atoms with Crippen LogP contribution in [0.25, 0.3) is 0 Å². The second-order valence-electron chi connectivity index (χ2n) is 5.24. The largest absolute Gasteiger partial charge is 0.309 e. The molecule has 1 aromatic heterocycles. The Kier molecular flexibility index (Phi) is 5.32. The van der Waals surface area contributed by atoms with Crippen molar-refractivity contribution >= 4 is 0 Å². The number of aryl methyl sites for hydroxylation is 1. The van der Waals surface area contributed by atoms with Gasteiger partial charge in [-0.05, 0) is 19.2 Å². The summed E-state index contributed by atoms with van der Waals surface area (Å²) >= 11 is 0. The van der Waals surface area contributed by atoms with Crippen LogP contribution in [0.2, 0.25) is 0 Å². The van der Waals surface area contributed by atoms with Crippen LogP contribution in [0.4, 0.5) is 0 Å². The minimum atomic E-state index is 0.364. The predicted octanol–water partition coefficient (Wildman–Crippen LogP) is 2.20. The smallest absolute Gasteiger partial charge is 0.0534 e. The number of benzene rings is 1. The van der Waals surface area contributed by atoms with Gasteiger partial charge in [0.15, 0.2) is 0 Å². The second kappa shape index (κ2) is 7.22. The molecule has 1 unspecified atom stereocenters. The van der Waals surface area contributed by atoms with E-state index in [1.54, 1.807) is 0 Å². The molecule has 0 aliphatic rings. The maximum atomic E-state index is 4.22. The SMILES string of the molecule is CCNC(CN(C)Cc1cnn(C)c1)c1ccccc1. The number of nitrogens with zero attached hydrogens (tertiary/aromatic N) is 3. The molecule has 0 amide bonds. The van der Waals surface area contributed by atoms with Crippen molar-refractivity contribution in [3.05, 3.63) is 53.9 Å². The summed E-state index contributed by atoms with van der Waals surface area (Å²) in [5, 5.41) is 7.78. The van der Waals surface area contributed by atoms with Crippen LogP contribution in [-0.2, 0) is 13.6 Å². The number of likely N-dealkylation sites (N-methyl/N-ethyl adjacent to an activating group) is 2. The summed E-state index contributed by atoms with van der Waals surface area (Å²) in [6.07, 6.45) is 4.00. The zero-order chi connectivity index (χ0) is 14.4. The highest BCUT2D eigenvalue weighted by molar-refractivity contribution is 5.19. The van der Waals surface area contributed by atoms with Gasteiger partial charge in [0, 0.05) is 37.9 Å². The average Bonchev–Trinajstić information content (AvgIpc) is 2.84. The van der Waals surface area contributed by atoms with Gasteiger partial charge < -0.3 is 10.2 Å². The molecule has 20 heavy (non-hydrogen) atoms. The van der Waals surface area contributed by atoms with Gasteiger partial charge in [0.1, 0.15) is 0 Å². The third kappa shape index (κ3) is 4.18. The molecule has 0 spiro atoms. The maximum Gasteiger partial charge on any atom is 0.0534 e. The Balaban J connectivity index is 1.97. The van der Waals surface area contributed by atoms with E-state index in [4.69, 9.17) is 0 Å². The average molecular weight is 272 g/mol. The van der Waals surface area contributed by atoms with Crippen LogP contribution in [-0.4, -0.2) is 34.8 Å². The zero-order valence-electron chi connectivity index (χ0n) is 12.6. The number of hydrogen-bond acceptors (Lipinski definition) is 3. The first-order valence-electron chi connectivity index (χ1n) is 7.13. The van der Waals surface area contributed by atoms with Crippen LogP contribution in [0.1, 0.15) is 24.1 Å². The van der Waals surface area contributed by atoms with E-state index in [0.29, 0.717) is 6.04 Å². The van der Waals surface area contributed by atoms with Crippen molar-refractivity contribution in [1.29, 1.82) is 0 Å². The van der Waals surface area contributed by atoms with E-state index in [2.05, 4.69) is 65.8 Å². The van der Waals surface area contributed by atoms with Crippen molar-refractivity contribution in [2.24, 2.45) is 7.05 Å². The molecule has 2 rings (SSSR count). The van der Waals surface area contributed by atoms with Crippen LogP contribution in [0, 0.1) is 0 Å². The number of hydrogen-bond donors (Lipinski definition) is 1. The van der Waals surface area contributed by atoms with Crippen LogP contribution >= 0.6 is 0 Å². The number of aromatic nitrogens is 2. The molecular weight excluding hydrogens is 248 g/mol. The molecular formula is C16H24N4. The number of rotatable bonds is 7. The Morgan fingerprint density at radius 1 is 1.30 bits per heavy atom. The molecule has 2 aromatic rings. The molecule has 1 atom stereocenters. The van der Waals surface area contributed by atoms with Crippen molar-refractivity contribution in [3.8, 4) is 0 Å². The lowest BCUT2D eigenvalue weighted by molar-refractivity contribution is 0.285. The molecule has 0 aliphatic heterocycles. The van der Waals surface area contributed by atoms with Gasteiger partial charge in [-0.15, -0.1) is 0 Å². The molecule has 0 saturated heterocycles. The van der Waals surface area contributed by atoms with Gasteiger partial charge in [-0.1, -0.05) is 37.3 Å². The fourth-order valence-corrected chi connectivity index (χ4v) is 2.46. The zero-order valence-corrected chi connectivity index (χ0v) is 12.6. The first-order chi connectivity index (χ1) is 9.69.